The molecule has 2 aromatic rings. The number of rotatable bonds is 7. The Morgan fingerprint density at radius 3 is 2.58 bits per heavy atom. The third-order valence-electron chi connectivity index (χ3n) is 6.00. The normalized spacial score (nSPS) is 18.6. The Bertz CT molecular complexity index is 1220. The number of carbonyl (C=O) groups is 5. The summed E-state index contributed by atoms with van der Waals surface area (Å²) in [5.74, 6) is -2.15. The second kappa shape index (κ2) is 14.7. The number of hydrogen-bond acceptors (Lipinski definition) is 7. The molecule has 0 fully saturated rings. The van der Waals surface area contributed by atoms with Gasteiger partial charge in [0.05, 0.1) is 25.1 Å². The topological polar surface area (TPSA) is 169 Å². The number of nitrogens with one attached hydrogen (secondary N) is 3. The van der Waals surface area contributed by atoms with Crippen LogP contribution in [-0.2, 0) is 19.2 Å². The van der Waals surface area contributed by atoms with Gasteiger partial charge in [-0.1, -0.05) is 23.7 Å². The van der Waals surface area contributed by atoms with E-state index >= 15 is 0 Å². The molecule has 2 aromatic carbocycles. The zero-order valence-electron chi connectivity index (χ0n) is 22.0. The molecular weight excluding hydrogens is 542 g/mol. The number of primary amides is 1. The van der Waals surface area contributed by atoms with Crippen LogP contribution in [0.4, 0.5) is 0 Å². The molecule has 13 heteroatoms. The number of carbonyl (C=O) groups excluding carboxylic acids is 5. The largest absolute Gasteiger partial charge is 0.492 e. The maximum absolute atomic E-state index is 13.1. The van der Waals surface area contributed by atoms with Crippen LogP contribution in [0.1, 0.15) is 29.6 Å². The van der Waals surface area contributed by atoms with E-state index in [-0.39, 0.29) is 50.5 Å². The van der Waals surface area contributed by atoms with Gasteiger partial charge < -0.3 is 36.1 Å². The summed E-state index contributed by atoms with van der Waals surface area (Å²) in [6, 6.07) is 10.9. The van der Waals surface area contributed by atoms with Crippen molar-refractivity contribution in [2.24, 2.45) is 5.73 Å². The molecule has 0 aromatic heterocycles. The molecule has 0 bridgehead atoms. The maximum Gasteiger partial charge on any atom is 0.255 e. The molecule has 2 atom stereocenters. The quantitative estimate of drug-likeness (QED) is 0.352. The van der Waals surface area contributed by atoms with Gasteiger partial charge in [0, 0.05) is 18.5 Å². The van der Waals surface area contributed by atoms with Crippen molar-refractivity contribution < 1.29 is 33.4 Å². The van der Waals surface area contributed by atoms with E-state index in [1.165, 1.54) is 11.9 Å². The molecule has 5 amide bonds. The first kappa shape index (κ1) is 30.2. The predicted octanol–water partition coefficient (Wildman–Crippen LogP) is 0.625. The number of fused-ring (bicyclic) bond motifs is 1. The van der Waals surface area contributed by atoms with Crippen LogP contribution in [0.5, 0.6) is 11.5 Å². The van der Waals surface area contributed by atoms with Gasteiger partial charge in [0.25, 0.3) is 5.91 Å². The Balaban J connectivity index is 1.74. The standard InChI is InChI=1S/C27H32ClN5O7/c1-33-13-15-40-22-5-3-2-4-19(22)25(36)32-20(10-11-24(35)31-21(27(33)38)16-23(29)34)26(37)30-12-14-39-18-8-6-17(28)7-9-18/h2-9,20-21H,10-16H2,1H3,(H2,29,34)(H,30,37)(H,31,35)(H,32,36)/t20-,21-/m0/s1. The first-order valence-corrected chi connectivity index (χ1v) is 13.0. The summed E-state index contributed by atoms with van der Waals surface area (Å²) in [5, 5.41) is 8.45. The molecule has 0 spiro atoms. The van der Waals surface area contributed by atoms with Crippen molar-refractivity contribution in [3.05, 3.63) is 59.1 Å². The molecule has 0 aliphatic carbocycles. The number of hydrogen-bond donors (Lipinski definition) is 4. The summed E-state index contributed by atoms with van der Waals surface area (Å²) in [5.41, 5.74) is 5.47. The lowest BCUT2D eigenvalue weighted by molar-refractivity contribution is -0.137. The predicted molar refractivity (Wildman–Crippen MR) is 146 cm³/mol. The minimum absolute atomic E-state index is 0.0291. The van der Waals surface area contributed by atoms with Gasteiger partial charge in [-0.15, -0.1) is 0 Å². The molecule has 0 saturated carbocycles. The van der Waals surface area contributed by atoms with E-state index in [9.17, 15) is 24.0 Å². The fourth-order valence-corrected chi connectivity index (χ4v) is 4.02. The molecule has 214 valence electrons. The molecule has 3 rings (SSSR count). The first-order chi connectivity index (χ1) is 19.1. The lowest BCUT2D eigenvalue weighted by Crippen LogP contribution is -2.50. The van der Waals surface area contributed by atoms with Crippen molar-refractivity contribution in [2.75, 3.05) is 33.4 Å². The third-order valence-corrected chi connectivity index (χ3v) is 6.25. The summed E-state index contributed by atoms with van der Waals surface area (Å²) in [4.78, 5) is 64.7. The van der Waals surface area contributed by atoms with Gasteiger partial charge in [-0.05, 0) is 42.8 Å². The van der Waals surface area contributed by atoms with Gasteiger partial charge in [0.2, 0.25) is 23.6 Å². The highest BCUT2D eigenvalue weighted by atomic mass is 35.5. The zero-order valence-corrected chi connectivity index (χ0v) is 22.7. The molecule has 5 N–H and O–H groups in total. The van der Waals surface area contributed by atoms with Crippen LogP contribution < -0.4 is 31.2 Å². The number of nitrogens with zero attached hydrogens (tertiary/aromatic N) is 1. The number of halogens is 1. The molecule has 1 aliphatic rings. The fourth-order valence-electron chi connectivity index (χ4n) is 3.89. The highest BCUT2D eigenvalue weighted by molar-refractivity contribution is 6.30. The average Bonchev–Trinajstić information content (AvgIpc) is 2.93. The Hall–Kier alpha value is -4.32. The molecule has 0 radical (unpaired) electrons. The van der Waals surface area contributed by atoms with Crippen LogP contribution in [0.2, 0.25) is 5.02 Å². The summed E-state index contributed by atoms with van der Waals surface area (Å²) < 4.78 is 11.3. The first-order valence-electron chi connectivity index (χ1n) is 12.7. The highest BCUT2D eigenvalue weighted by Crippen LogP contribution is 2.19. The van der Waals surface area contributed by atoms with Gasteiger partial charge in [-0.25, -0.2) is 0 Å². The van der Waals surface area contributed by atoms with E-state index in [0.29, 0.717) is 10.8 Å². The minimum Gasteiger partial charge on any atom is -0.492 e. The lowest BCUT2D eigenvalue weighted by atomic mass is 10.1. The van der Waals surface area contributed by atoms with Crippen LogP contribution in [-0.4, -0.2) is 79.9 Å². The molecule has 0 saturated heterocycles. The van der Waals surface area contributed by atoms with E-state index in [1.807, 2.05) is 0 Å². The number of para-hydroxylation sites is 1. The molecule has 12 nitrogen and oxygen atoms in total. The lowest BCUT2D eigenvalue weighted by Gasteiger charge is -2.24. The van der Waals surface area contributed by atoms with Gasteiger partial charge in [-0.3, -0.25) is 24.0 Å². The van der Waals surface area contributed by atoms with Gasteiger partial charge in [0.15, 0.2) is 0 Å². The van der Waals surface area contributed by atoms with Crippen LogP contribution in [0.25, 0.3) is 0 Å². The van der Waals surface area contributed by atoms with E-state index < -0.39 is 48.0 Å². The number of likely N-dealkylation sites (N-methyl/N-ethyl adjacent to an activating group) is 1. The smallest absolute Gasteiger partial charge is 0.255 e. The SMILES string of the molecule is CN1CCOc2ccccc2C(=O)N[C@H](C(=O)NCCOc2ccc(Cl)cc2)CCC(=O)N[C@@H](CC(N)=O)C1=O. The van der Waals surface area contributed by atoms with Crippen molar-refractivity contribution in [1.82, 2.24) is 20.9 Å². The van der Waals surface area contributed by atoms with Gasteiger partial charge in [-0.2, -0.15) is 0 Å². The van der Waals surface area contributed by atoms with Crippen molar-refractivity contribution in [3.63, 3.8) is 0 Å². The summed E-state index contributed by atoms with van der Waals surface area (Å²) in [7, 11) is 1.50. The fraction of sp³-hybridized carbons (Fsp3) is 0.370. The van der Waals surface area contributed by atoms with Gasteiger partial charge >= 0.3 is 0 Å². The van der Waals surface area contributed by atoms with Crippen LogP contribution in [0.3, 0.4) is 0 Å². The van der Waals surface area contributed by atoms with E-state index in [0.717, 1.165) is 0 Å². The molecule has 1 aliphatic heterocycles. The van der Waals surface area contributed by atoms with Crippen molar-refractivity contribution in [3.8, 4) is 11.5 Å². The van der Waals surface area contributed by atoms with Crippen molar-refractivity contribution >= 4 is 41.1 Å². The number of amides is 5. The zero-order chi connectivity index (χ0) is 29.1. The highest BCUT2D eigenvalue weighted by Gasteiger charge is 2.28. The van der Waals surface area contributed by atoms with Crippen LogP contribution in [0.15, 0.2) is 48.5 Å². The second-order valence-corrected chi connectivity index (χ2v) is 9.49. The third kappa shape index (κ3) is 9.16. The molecular formula is C27H32ClN5O7. The Labute approximate surface area is 236 Å². The summed E-state index contributed by atoms with van der Waals surface area (Å²) in [6.07, 6.45) is -0.700. The summed E-state index contributed by atoms with van der Waals surface area (Å²) in [6.45, 7) is 0.418. The van der Waals surface area contributed by atoms with Crippen molar-refractivity contribution in [2.45, 2.75) is 31.3 Å². The average molecular weight is 574 g/mol. The maximum atomic E-state index is 13.1. The second-order valence-electron chi connectivity index (χ2n) is 9.05. The van der Waals surface area contributed by atoms with Gasteiger partial charge in [0.1, 0.15) is 36.8 Å². The summed E-state index contributed by atoms with van der Waals surface area (Å²) >= 11 is 5.87. The van der Waals surface area contributed by atoms with E-state index in [2.05, 4.69) is 16.0 Å². The molecule has 40 heavy (non-hydrogen) atoms. The van der Waals surface area contributed by atoms with Crippen molar-refractivity contribution in [1.29, 1.82) is 0 Å². The van der Waals surface area contributed by atoms with E-state index in [1.54, 1.807) is 48.5 Å². The monoisotopic (exact) mass is 573 g/mol. The molecule has 1 heterocycles. The van der Waals surface area contributed by atoms with E-state index in [4.69, 9.17) is 26.8 Å². The molecule has 0 unspecified atom stereocenters. The van der Waals surface area contributed by atoms with Crippen LogP contribution >= 0.6 is 11.6 Å². The van der Waals surface area contributed by atoms with Crippen LogP contribution in [0, 0.1) is 0 Å². The number of ether oxygens (including phenoxy) is 2. The Morgan fingerprint density at radius 1 is 1.12 bits per heavy atom. The minimum atomic E-state index is -1.18. The Kier molecular flexibility index (Phi) is 11.1. The Morgan fingerprint density at radius 2 is 1.85 bits per heavy atom. The number of nitrogens with two attached hydrogens (primary N) is 1. The number of benzene rings is 2.